The highest BCUT2D eigenvalue weighted by Gasteiger charge is 2.10. The van der Waals surface area contributed by atoms with Crippen molar-refractivity contribution in [1.29, 1.82) is 0 Å². The standard InChI is InChI=1S/C13H19N3/c1-4-6-7-12(15-9-5-2)13-8-10-14-11(3)16-13/h8,10,12,15H,5,7,9H2,1-3H3. The van der Waals surface area contributed by atoms with Gasteiger partial charge in [-0.2, -0.15) is 0 Å². The van der Waals surface area contributed by atoms with E-state index in [0.29, 0.717) is 0 Å². The lowest BCUT2D eigenvalue weighted by Crippen LogP contribution is -2.23. The summed E-state index contributed by atoms with van der Waals surface area (Å²) in [6.07, 6.45) is 3.71. The average molecular weight is 217 g/mol. The predicted molar refractivity (Wildman–Crippen MR) is 65.9 cm³/mol. The molecule has 0 aliphatic carbocycles. The summed E-state index contributed by atoms with van der Waals surface area (Å²) in [7, 11) is 0. The Morgan fingerprint density at radius 2 is 2.31 bits per heavy atom. The molecule has 0 bridgehead atoms. The Bertz CT molecular complexity index is 376. The number of hydrogen-bond acceptors (Lipinski definition) is 3. The zero-order valence-electron chi connectivity index (χ0n) is 10.2. The summed E-state index contributed by atoms with van der Waals surface area (Å²) in [6.45, 7) is 6.91. The average Bonchev–Trinajstić information content (AvgIpc) is 2.29. The monoisotopic (exact) mass is 217 g/mol. The third-order valence-corrected chi connectivity index (χ3v) is 2.28. The van der Waals surface area contributed by atoms with Crippen LogP contribution in [0.3, 0.4) is 0 Å². The molecule has 0 aliphatic rings. The predicted octanol–water partition coefficient (Wildman–Crippen LogP) is 2.24. The van der Waals surface area contributed by atoms with Gasteiger partial charge in [0.25, 0.3) is 0 Å². The minimum absolute atomic E-state index is 0.217. The molecule has 1 N–H and O–H groups in total. The molecule has 3 heteroatoms. The van der Waals surface area contributed by atoms with Crippen molar-refractivity contribution < 1.29 is 0 Å². The fourth-order valence-electron chi connectivity index (χ4n) is 1.47. The number of hydrogen-bond donors (Lipinski definition) is 1. The van der Waals surface area contributed by atoms with Crippen LogP contribution in [0.25, 0.3) is 0 Å². The van der Waals surface area contributed by atoms with Crippen LogP contribution in [-0.4, -0.2) is 16.5 Å². The molecule has 0 fully saturated rings. The smallest absolute Gasteiger partial charge is 0.125 e. The summed E-state index contributed by atoms with van der Waals surface area (Å²) in [6, 6.07) is 2.17. The summed E-state index contributed by atoms with van der Waals surface area (Å²) < 4.78 is 0. The van der Waals surface area contributed by atoms with Crippen LogP contribution in [0.4, 0.5) is 0 Å². The Morgan fingerprint density at radius 3 is 2.94 bits per heavy atom. The van der Waals surface area contributed by atoms with Crippen molar-refractivity contribution in [3.05, 3.63) is 23.8 Å². The number of aryl methyl sites for hydroxylation is 1. The molecule has 0 radical (unpaired) electrons. The van der Waals surface area contributed by atoms with Gasteiger partial charge in [0, 0.05) is 12.6 Å². The van der Waals surface area contributed by atoms with E-state index >= 15 is 0 Å². The minimum Gasteiger partial charge on any atom is -0.308 e. The Morgan fingerprint density at radius 1 is 1.50 bits per heavy atom. The topological polar surface area (TPSA) is 37.8 Å². The van der Waals surface area contributed by atoms with Crippen LogP contribution in [0, 0.1) is 18.8 Å². The highest BCUT2D eigenvalue weighted by Crippen LogP contribution is 2.13. The molecule has 3 nitrogen and oxygen atoms in total. The van der Waals surface area contributed by atoms with Gasteiger partial charge in [-0.05, 0) is 32.9 Å². The second-order valence-electron chi connectivity index (χ2n) is 3.67. The van der Waals surface area contributed by atoms with E-state index in [1.54, 1.807) is 6.20 Å². The number of nitrogens with one attached hydrogen (secondary N) is 1. The van der Waals surface area contributed by atoms with Crippen LogP contribution in [0.15, 0.2) is 12.3 Å². The quantitative estimate of drug-likeness (QED) is 0.769. The van der Waals surface area contributed by atoms with Crippen LogP contribution in [0.2, 0.25) is 0 Å². The van der Waals surface area contributed by atoms with Gasteiger partial charge in [-0.1, -0.05) is 6.92 Å². The Kier molecular flexibility index (Phi) is 5.52. The molecule has 86 valence electrons. The van der Waals surface area contributed by atoms with Gasteiger partial charge in [0.05, 0.1) is 11.7 Å². The third-order valence-electron chi connectivity index (χ3n) is 2.28. The molecule has 0 aromatic carbocycles. The lowest BCUT2D eigenvalue weighted by Gasteiger charge is -2.15. The van der Waals surface area contributed by atoms with E-state index in [-0.39, 0.29) is 6.04 Å². The van der Waals surface area contributed by atoms with E-state index < -0.39 is 0 Å². The molecule has 0 spiro atoms. The first-order valence-electron chi connectivity index (χ1n) is 5.70. The van der Waals surface area contributed by atoms with Gasteiger partial charge < -0.3 is 5.32 Å². The zero-order valence-corrected chi connectivity index (χ0v) is 10.2. The van der Waals surface area contributed by atoms with Gasteiger partial charge in [-0.3, -0.25) is 0 Å². The molecule has 16 heavy (non-hydrogen) atoms. The molecule has 0 amide bonds. The lowest BCUT2D eigenvalue weighted by atomic mass is 10.1. The molecule has 1 unspecified atom stereocenters. The summed E-state index contributed by atoms with van der Waals surface area (Å²) in [4.78, 5) is 8.55. The summed E-state index contributed by atoms with van der Waals surface area (Å²) in [5, 5.41) is 3.45. The maximum absolute atomic E-state index is 4.44. The zero-order chi connectivity index (χ0) is 11.8. The molecular weight excluding hydrogens is 198 g/mol. The van der Waals surface area contributed by atoms with E-state index in [9.17, 15) is 0 Å². The van der Waals surface area contributed by atoms with Crippen molar-refractivity contribution in [2.75, 3.05) is 6.54 Å². The van der Waals surface area contributed by atoms with E-state index in [0.717, 1.165) is 30.9 Å². The highest BCUT2D eigenvalue weighted by molar-refractivity contribution is 5.11. The van der Waals surface area contributed by atoms with Crippen molar-refractivity contribution in [2.45, 2.75) is 39.7 Å². The van der Waals surface area contributed by atoms with Crippen LogP contribution < -0.4 is 5.32 Å². The Balaban J connectivity index is 2.76. The number of nitrogens with zero attached hydrogens (tertiary/aromatic N) is 2. The van der Waals surface area contributed by atoms with Crippen molar-refractivity contribution in [2.24, 2.45) is 0 Å². The van der Waals surface area contributed by atoms with Crippen LogP contribution >= 0.6 is 0 Å². The van der Waals surface area contributed by atoms with Crippen LogP contribution in [0.1, 0.15) is 44.2 Å². The fourth-order valence-corrected chi connectivity index (χ4v) is 1.47. The first-order chi connectivity index (χ1) is 7.77. The number of rotatable bonds is 5. The molecule has 0 aliphatic heterocycles. The van der Waals surface area contributed by atoms with Crippen molar-refractivity contribution >= 4 is 0 Å². The lowest BCUT2D eigenvalue weighted by molar-refractivity contribution is 0.528. The molecular formula is C13H19N3. The highest BCUT2D eigenvalue weighted by atomic mass is 15.0. The van der Waals surface area contributed by atoms with E-state index in [1.807, 2.05) is 19.9 Å². The maximum atomic E-state index is 4.44. The Labute approximate surface area is 97.7 Å². The largest absolute Gasteiger partial charge is 0.308 e. The summed E-state index contributed by atoms with van der Waals surface area (Å²) >= 11 is 0. The summed E-state index contributed by atoms with van der Waals surface area (Å²) in [5.41, 5.74) is 1.03. The van der Waals surface area contributed by atoms with Crippen LogP contribution in [0.5, 0.6) is 0 Å². The van der Waals surface area contributed by atoms with Gasteiger partial charge in [0.2, 0.25) is 0 Å². The second-order valence-corrected chi connectivity index (χ2v) is 3.67. The van der Waals surface area contributed by atoms with Gasteiger partial charge in [-0.25, -0.2) is 9.97 Å². The van der Waals surface area contributed by atoms with Crippen LogP contribution in [-0.2, 0) is 0 Å². The van der Waals surface area contributed by atoms with Gasteiger partial charge >= 0.3 is 0 Å². The molecule has 0 saturated heterocycles. The normalized spacial score (nSPS) is 11.7. The minimum atomic E-state index is 0.217. The summed E-state index contributed by atoms with van der Waals surface area (Å²) in [5.74, 6) is 6.84. The van der Waals surface area contributed by atoms with E-state index in [2.05, 4.69) is 34.0 Å². The van der Waals surface area contributed by atoms with Crippen molar-refractivity contribution in [1.82, 2.24) is 15.3 Å². The molecule has 1 aromatic heterocycles. The fraction of sp³-hybridized carbons (Fsp3) is 0.538. The third kappa shape index (κ3) is 4.00. The molecule has 1 atom stereocenters. The molecule has 1 rings (SSSR count). The van der Waals surface area contributed by atoms with Gasteiger partial charge in [-0.15, -0.1) is 11.8 Å². The van der Waals surface area contributed by atoms with E-state index in [1.165, 1.54) is 0 Å². The molecule has 1 heterocycles. The molecule has 1 aromatic rings. The van der Waals surface area contributed by atoms with Crippen molar-refractivity contribution in [3.8, 4) is 11.8 Å². The maximum Gasteiger partial charge on any atom is 0.125 e. The Hall–Kier alpha value is -1.40. The SMILES string of the molecule is CC#CCC(NCCC)c1ccnc(C)n1. The first kappa shape index (κ1) is 12.7. The number of aromatic nitrogens is 2. The van der Waals surface area contributed by atoms with E-state index in [4.69, 9.17) is 0 Å². The first-order valence-corrected chi connectivity index (χ1v) is 5.70. The van der Waals surface area contributed by atoms with Gasteiger partial charge in [0.15, 0.2) is 0 Å². The molecule has 0 saturated carbocycles. The second kappa shape index (κ2) is 6.97. The van der Waals surface area contributed by atoms with Crippen molar-refractivity contribution in [3.63, 3.8) is 0 Å². The van der Waals surface area contributed by atoms with Gasteiger partial charge in [0.1, 0.15) is 5.82 Å².